The molecule has 0 fully saturated rings. The van der Waals surface area contributed by atoms with Crippen molar-refractivity contribution in [2.75, 3.05) is 33.5 Å². The summed E-state index contributed by atoms with van der Waals surface area (Å²) in [7, 11) is 1.53. The fourth-order valence-electron chi connectivity index (χ4n) is 5.01. The van der Waals surface area contributed by atoms with Crippen molar-refractivity contribution in [2.24, 2.45) is 0 Å². The number of hydrogen-bond donors (Lipinski definition) is 0. The smallest absolute Gasteiger partial charge is 0.343 e. The van der Waals surface area contributed by atoms with Crippen LogP contribution in [-0.4, -0.2) is 86.9 Å². The Labute approximate surface area is 371 Å². The van der Waals surface area contributed by atoms with Gasteiger partial charge in [0.2, 0.25) is 0 Å². The van der Waals surface area contributed by atoms with Crippen LogP contribution in [-0.2, 0) is 38.1 Å². The molecular formula is C47H40N2O14S. The molecule has 64 heavy (non-hydrogen) atoms. The average molecular weight is 889 g/mol. The number of fused-ring (bicyclic) bond motifs is 1. The van der Waals surface area contributed by atoms with Crippen LogP contribution in [0.5, 0.6) is 23.0 Å². The quantitative estimate of drug-likeness (QED) is 0.0239. The summed E-state index contributed by atoms with van der Waals surface area (Å²) in [5.41, 5.74) is 2.67. The first-order valence-corrected chi connectivity index (χ1v) is 19.6. The normalized spacial score (nSPS) is 11.0. The topological polar surface area (TPSA) is 213 Å². The van der Waals surface area contributed by atoms with E-state index < -0.39 is 42.1 Å². The molecule has 0 saturated carbocycles. The van der Waals surface area contributed by atoms with E-state index in [4.69, 9.17) is 43.2 Å². The fourth-order valence-corrected chi connectivity index (χ4v) is 6.05. The molecule has 328 valence electrons. The molecule has 0 amide bonds. The number of methoxy groups -OCH3 is 1. The number of rotatable bonds is 21. The van der Waals surface area contributed by atoms with Crippen molar-refractivity contribution in [3.63, 3.8) is 0 Å². The number of carbonyl (C=O) groups is 6. The highest BCUT2D eigenvalue weighted by molar-refractivity contribution is 7.22. The Bertz CT molecular complexity index is 2520. The van der Waals surface area contributed by atoms with Gasteiger partial charge in [0.1, 0.15) is 65.2 Å². The third kappa shape index (κ3) is 14.7. The molecule has 2 unspecified atom stereocenters. The highest BCUT2D eigenvalue weighted by Gasteiger charge is 2.20. The van der Waals surface area contributed by atoms with Crippen molar-refractivity contribution < 1.29 is 66.7 Å². The van der Waals surface area contributed by atoms with Gasteiger partial charge in [0.05, 0.1) is 24.3 Å². The molecule has 0 spiro atoms. The van der Waals surface area contributed by atoms with E-state index in [-0.39, 0.29) is 32.0 Å². The van der Waals surface area contributed by atoms with E-state index in [1.165, 1.54) is 30.6 Å². The van der Waals surface area contributed by atoms with Crippen molar-refractivity contribution in [3.8, 4) is 39.6 Å². The molecule has 17 heteroatoms. The second kappa shape index (κ2) is 24.8. The molecule has 16 nitrogen and oxygen atoms in total. The summed E-state index contributed by atoms with van der Waals surface area (Å²) in [5, 5.41) is 9.74. The van der Waals surface area contributed by atoms with Gasteiger partial charge in [-0.2, -0.15) is 5.26 Å². The van der Waals surface area contributed by atoms with Gasteiger partial charge in [0.25, 0.3) is 0 Å². The number of aldehydes is 1. The third-order valence-electron chi connectivity index (χ3n) is 8.19. The predicted molar refractivity (Wildman–Crippen MR) is 233 cm³/mol. The Morgan fingerprint density at radius 1 is 0.672 bits per heavy atom. The number of thiazole rings is 1. The van der Waals surface area contributed by atoms with Crippen LogP contribution in [0.2, 0.25) is 0 Å². The van der Waals surface area contributed by atoms with Crippen molar-refractivity contribution in [2.45, 2.75) is 12.2 Å². The van der Waals surface area contributed by atoms with Gasteiger partial charge in [-0.1, -0.05) is 38.4 Å². The van der Waals surface area contributed by atoms with Crippen molar-refractivity contribution in [3.05, 3.63) is 152 Å². The predicted octanol–water partition coefficient (Wildman–Crippen LogP) is 6.97. The molecule has 0 aliphatic carbocycles. The number of aromatic nitrogens is 1. The Morgan fingerprint density at radius 3 is 1.64 bits per heavy atom. The van der Waals surface area contributed by atoms with Crippen LogP contribution in [0.3, 0.4) is 0 Å². The van der Waals surface area contributed by atoms with Gasteiger partial charge in [0.15, 0.2) is 18.0 Å². The number of benzene rings is 4. The second-order valence-corrected chi connectivity index (χ2v) is 13.6. The molecule has 5 aromatic rings. The number of hydrogen-bond acceptors (Lipinski definition) is 17. The first-order valence-electron chi connectivity index (χ1n) is 18.8. The van der Waals surface area contributed by atoms with Crippen molar-refractivity contribution >= 4 is 57.7 Å². The third-order valence-corrected chi connectivity index (χ3v) is 9.31. The zero-order chi connectivity index (χ0) is 46.4. The molecule has 0 radical (unpaired) electrons. The van der Waals surface area contributed by atoms with Gasteiger partial charge < -0.3 is 37.9 Å². The summed E-state index contributed by atoms with van der Waals surface area (Å²) >= 11 is 1.33. The monoisotopic (exact) mass is 888 g/mol. The molecule has 0 aliphatic heterocycles. The summed E-state index contributed by atoms with van der Waals surface area (Å²) in [6, 6.07) is 25.0. The van der Waals surface area contributed by atoms with E-state index >= 15 is 0 Å². The molecule has 0 N–H and O–H groups in total. The molecule has 1 heterocycles. The number of carbonyl (C=O) groups excluding carboxylic acids is 6. The number of ether oxygens (including phenoxy) is 8. The van der Waals surface area contributed by atoms with Crippen LogP contribution in [0.4, 0.5) is 0 Å². The maximum Gasteiger partial charge on any atom is 0.343 e. The Morgan fingerprint density at radius 2 is 1.17 bits per heavy atom. The molecule has 5 rings (SSSR count). The Balaban J connectivity index is 0.000000344. The van der Waals surface area contributed by atoms with Crippen LogP contribution in [0.1, 0.15) is 26.3 Å². The molecule has 2 atom stereocenters. The molecule has 1 aromatic heterocycles. The van der Waals surface area contributed by atoms with Gasteiger partial charge in [-0.25, -0.2) is 29.0 Å². The zero-order valence-electron chi connectivity index (χ0n) is 34.3. The lowest BCUT2D eigenvalue weighted by Gasteiger charge is -2.17. The fraction of sp³-hybridized carbons (Fsp3) is 0.149. The van der Waals surface area contributed by atoms with Gasteiger partial charge in [-0.05, 0) is 72.8 Å². The lowest BCUT2D eigenvalue weighted by atomic mass is 10.1. The summed E-state index contributed by atoms with van der Waals surface area (Å²) in [6.07, 6.45) is 3.01. The maximum absolute atomic E-state index is 13.0. The number of nitriles is 1. The van der Waals surface area contributed by atoms with E-state index in [1.807, 2.05) is 0 Å². The van der Waals surface area contributed by atoms with Crippen LogP contribution in [0.25, 0.3) is 20.8 Å². The van der Waals surface area contributed by atoms with Crippen LogP contribution >= 0.6 is 11.3 Å². The summed E-state index contributed by atoms with van der Waals surface area (Å²) in [5.74, 6) is -1.55. The van der Waals surface area contributed by atoms with Crippen LogP contribution in [0, 0.1) is 11.3 Å². The van der Waals surface area contributed by atoms with Gasteiger partial charge in [-0.15, -0.1) is 11.3 Å². The van der Waals surface area contributed by atoms with Crippen molar-refractivity contribution in [1.29, 1.82) is 5.26 Å². The molecule has 0 bridgehead atoms. The minimum atomic E-state index is -0.893. The Kier molecular flexibility index (Phi) is 18.7. The van der Waals surface area contributed by atoms with E-state index in [2.05, 4.69) is 37.4 Å². The van der Waals surface area contributed by atoms with E-state index in [1.54, 1.807) is 72.8 Å². The van der Waals surface area contributed by atoms with E-state index in [9.17, 15) is 28.8 Å². The molecule has 4 aromatic carbocycles. The SMILES string of the molecule is C=CC(=O)OCC(COc1ccc(C(=O)Oc2ccc(OC)c3nc(-c4ccc(C#N)cc4)sc23)cc1)OC(=O)C=C.C=CC(=O)OCC(COc1ccc(C=O)cc1)OC(=O)C=C. The first kappa shape index (κ1) is 48.3. The second-order valence-electron chi connectivity index (χ2n) is 12.6. The average Bonchev–Trinajstić information content (AvgIpc) is 3.79. The van der Waals surface area contributed by atoms with E-state index in [0.29, 0.717) is 55.6 Å². The highest BCUT2D eigenvalue weighted by atomic mass is 32.1. The summed E-state index contributed by atoms with van der Waals surface area (Å²) in [4.78, 5) is 73.5. The molecule has 0 aliphatic rings. The summed E-state index contributed by atoms with van der Waals surface area (Å²) < 4.78 is 42.8. The standard InChI is InChI=1S/C31H24N2O8S.C16H16O6/c1-4-26(34)39-18-23(40-27(35)5-2)17-38-22-12-10-21(11-13-22)31(36)41-25-15-14-24(37-3)28-29(25)42-30(33-28)20-8-6-19(16-32)7-9-20;1-3-15(18)21-11-14(22-16(19)4-2)10-20-13-7-5-12(9-17)6-8-13/h4-15,23H,1-2,17-18H2,3H3;3-9,14H,1-2,10-11H2. The van der Waals surface area contributed by atoms with Gasteiger partial charge in [-0.3, -0.25) is 4.79 Å². The molecular weight excluding hydrogens is 849 g/mol. The first-order chi connectivity index (χ1) is 30.9. The largest absolute Gasteiger partial charge is 0.494 e. The number of nitrogens with zero attached hydrogens (tertiary/aromatic N) is 2. The Hall–Kier alpha value is -8.36. The lowest BCUT2D eigenvalue weighted by molar-refractivity contribution is -0.154. The summed E-state index contributed by atoms with van der Waals surface area (Å²) in [6.45, 7) is 12.7. The van der Waals surface area contributed by atoms with Crippen molar-refractivity contribution in [1.82, 2.24) is 4.98 Å². The lowest BCUT2D eigenvalue weighted by Crippen LogP contribution is -2.30. The van der Waals surface area contributed by atoms with E-state index in [0.717, 1.165) is 29.9 Å². The maximum atomic E-state index is 13.0. The van der Waals surface area contributed by atoms with Gasteiger partial charge >= 0.3 is 29.8 Å². The molecule has 0 saturated heterocycles. The highest BCUT2D eigenvalue weighted by Crippen LogP contribution is 2.40. The number of esters is 5. The van der Waals surface area contributed by atoms with Crippen LogP contribution < -0.4 is 18.9 Å². The van der Waals surface area contributed by atoms with Crippen LogP contribution in [0.15, 0.2) is 136 Å². The zero-order valence-corrected chi connectivity index (χ0v) is 35.1. The minimum absolute atomic E-state index is 0.0234. The minimum Gasteiger partial charge on any atom is -0.494 e. The van der Waals surface area contributed by atoms with Gasteiger partial charge in [0, 0.05) is 35.4 Å².